The molecule has 0 atom stereocenters. The second kappa shape index (κ2) is 8.03. The van der Waals surface area contributed by atoms with Crippen molar-refractivity contribution < 1.29 is 4.74 Å². The van der Waals surface area contributed by atoms with Gasteiger partial charge >= 0.3 is 0 Å². The lowest BCUT2D eigenvalue weighted by Gasteiger charge is -2.18. The Morgan fingerprint density at radius 3 is 2.94 bits per heavy atom. The van der Waals surface area contributed by atoms with E-state index in [9.17, 15) is 0 Å². The number of hydrogen-bond donors (Lipinski definition) is 1. The number of nitrogens with zero attached hydrogens (tertiary/aromatic N) is 2. The number of pyridine rings is 1. The van der Waals surface area contributed by atoms with Gasteiger partial charge in [0.15, 0.2) is 0 Å². The van der Waals surface area contributed by atoms with Crippen LogP contribution in [0.2, 0.25) is 0 Å². The van der Waals surface area contributed by atoms with Crippen LogP contribution < -0.4 is 10.2 Å². The molecule has 0 aliphatic heterocycles. The number of nitrogens with one attached hydrogen (secondary N) is 1. The Kier molecular flexibility index (Phi) is 6.58. The van der Waals surface area contributed by atoms with Gasteiger partial charge in [0, 0.05) is 33.9 Å². The van der Waals surface area contributed by atoms with E-state index in [-0.39, 0.29) is 0 Å². The Hall–Kier alpha value is -1.13. The zero-order chi connectivity index (χ0) is 12.5. The second-order valence-corrected chi connectivity index (χ2v) is 4.04. The largest absolute Gasteiger partial charge is 0.385 e. The van der Waals surface area contributed by atoms with E-state index < -0.39 is 0 Å². The van der Waals surface area contributed by atoms with E-state index in [1.165, 1.54) is 0 Å². The van der Waals surface area contributed by atoms with Gasteiger partial charge in [-0.3, -0.25) is 0 Å². The molecule has 0 aliphatic carbocycles. The van der Waals surface area contributed by atoms with E-state index in [0.29, 0.717) is 0 Å². The monoisotopic (exact) mass is 237 g/mol. The minimum atomic E-state index is 0.793. The summed E-state index contributed by atoms with van der Waals surface area (Å²) in [5, 5.41) is 3.28. The quantitative estimate of drug-likeness (QED) is 0.698. The molecular formula is C13H23N3O. The zero-order valence-corrected chi connectivity index (χ0v) is 11.1. The molecule has 1 aromatic rings. The van der Waals surface area contributed by atoms with Crippen LogP contribution in [-0.2, 0) is 11.3 Å². The van der Waals surface area contributed by atoms with E-state index in [1.807, 2.05) is 6.07 Å². The summed E-state index contributed by atoms with van der Waals surface area (Å²) >= 11 is 0. The average Bonchev–Trinajstić information content (AvgIpc) is 2.37. The zero-order valence-electron chi connectivity index (χ0n) is 11.1. The number of rotatable bonds is 8. The first-order valence-corrected chi connectivity index (χ1v) is 6.14. The van der Waals surface area contributed by atoms with Crippen molar-refractivity contribution in [1.82, 2.24) is 10.3 Å². The van der Waals surface area contributed by atoms with E-state index in [1.54, 1.807) is 7.11 Å². The van der Waals surface area contributed by atoms with Crippen LogP contribution in [-0.4, -0.2) is 38.8 Å². The minimum Gasteiger partial charge on any atom is -0.385 e. The maximum absolute atomic E-state index is 5.05. The summed E-state index contributed by atoms with van der Waals surface area (Å²) in [5.74, 6) is 1.02. The molecule has 0 aromatic carbocycles. The van der Waals surface area contributed by atoms with Gasteiger partial charge in [0.05, 0.1) is 5.69 Å². The molecule has 1 heterocycles. The molecule has 4 nitrogen and oxygen atoms in total. The standard InChI is InChI=1S/C13H23N3O/c1-4-14-11-12-7-5-8-13(15-12)16(2)9-6-10-17-3/h5,7-8,14H,4,6,9-11H2,1-3H3. The highest BCUT2D eigenvalue weighted by Gasteiger charge is 2.03. The summed E-state index contributed by atoms with van der Waals surface area (Å²) in [6, 6.07) is 6.15. The molecule has 4 heteroatoms. The topological polar surface area (TPSA) is 37.4 Å². The number of ether oxygens (including phenoxy) is 1. The first-order valence-electron chi connectivity index (χ1n) is 6.14. The summed E-state index contributed by atoms with van der Waals surface area (Å²) in [6.45, 7) is 5.65. The lowest BCUT2D eigenvalue weighted by Crippen LogP contribution is -2.22. The summed E-state index contributed by atoms with van der Waals surface area (Å²) in [5.41, 5.74) is 1.09. The first kappa shape index (κ1) is 13.9. The highest BCUT2D eigenvalue weighted by Crippen LogP contribution is 2.10. The van der Waals surface area contributed by atoms with Crippen molar-refractivity contribution in [3.05, 3.63) is 23.9 Å². The van der Waals surface area contributed by atoms with E-state index in [4.69, 9.17) is 4.74 Å². The third kappa shape index (κ3) is 5.15. The molecule has 17 heavy (non-hydrogen) atoms. The summed E-state index contributed by atoms with van der Waals surface area (Å²) < 4.78 is 5.05. The minimum absolute atomic E-state index is 0.793. The highest BCUT2D eigenvalue weighted by molar-refractivity contribution is 5.38. The van der Waals surface area contributed by atoms with Crippen LogP contribution in [0.25, 0.3) is 0 Å². The van der Waals surface area contributed by atoms with Gasteiger partial charge in [0.1, 0.15) is 5.82 Å². The summed E-state index contributed by atoms with van der Waals surface area (Å²) in [7, 11) is 3.80. The van der Waals surface area contributed by atoms with Crippen molar-refractivity contribution >= 4 is 5.82 Å². The van der Waals surface area contributed by atoms with Gasteiger partial charge in [-0.05, 0) is 25.1 Å². The van der Waals surface area contributed by atoms with E-state index in [2.05, 4.69) is 41.3 Å². The van der Waals surface area contributed by atoms with Crippen molar-refractivity contribution in [3.8, 4) is 0 Å². The van der Waals surface area contributed by atoms with Crippen molar-refractivity contribution in [1.29, 1.82) is 0 Å². The SMILES string of the molecule is CCNCc1cccc(N(C)CCCOC)n1. The Bertz CT molecular complexity index is 317. The van der Waals surface area contributed by atoms with Gasteiger partial charge in [0.25, 0.3) is 0 Å². The van der Waals surface area contributed by atoms with E-state index in [0.717, 1.165) is 44.2 Å². The van der Waals surface area contributed by atoms with Crippen LogP contribution in [0.3, 0.4) is 0 Å². The molecule has 1 aromatic heterocycles. The Morgan fingerprint density at radius 1 is 1.41 bits per heavy atom. The maximum Gasteiger partial charge on any atom is 0.128 e. The number of aromatic nitrogens is 1. The molecule has 0 bridgehead atoms. The smallest absolute Gasteiger partial charge is 0.128 e. The van der Waals surface area contributed by atoms with Crippen molar-refractivity contribution in [2.45, 2.75) is 19.9 Å². The van der Waals surface area contributed by atoms with Gasteiger partial charge < -0.3 is 15.0 Å². The highest BCUT2D eigenvalue weighted by atomic mass is 16.5. The van der Waals surface area contributed by atoms with Gasteiger partial charge in [0.2, 0.25) is 0 Å². The predicted octanol–water partition coefficient (Wildman–Crippen LogP) is 1.66. The van der Waals surface area contributed by atoms with Crippen LogP contribution in [0.4, 0.5) is 5.82 Å². The molecule has 0 radical (unpaired) electrons. The fourth-order valence-corrected chi connectivity index (χ4v) is 1.59. The van der Waals surface area contributed by atoms with E-state index >= 15 is 0 Å². The second-order valence-electron chi connectivity index (χ2n) is 4.04. The molecule has 0 saturated carbocycles. The van der Waals surface area contributed by atoms with Crippen LogP contribution >= 0.6 is 0 Å². The molecule has 1 rings (SSSR count). The van der Waals surface area contributed by atoms with Crippen LogP contribution in [0.15, 0.2) is 18.2 Å². The van der Waals surface area contributed by atoms with Gasteiger partial charge in [-0.15, -0.1) is 0 Å². The molecule has 96 valence electrons. The molecule has 0 saturated heterocycles. The molecule has 0 amide bonds. The number of methoxy groups -OCH3 is 1. The fourth-order valence-electron chi connectivity index (χ4n) is 1.59. The normalized spacial score (nSPS) is 10.5. The third-order valence-electron chi connectivity index (χ3n) is 2.58. The van der Waals surface area contributed by atoms with Crippen LogP contribution in [0.5, 0.6) is 0 Å². The Morgan fingerprint density at radius 2 is 2.24 bits per heavy atom. The average molecular weight is 237 g/mol. The summed E-state index contributed by atoms with van der Waals surface area (Å²) in [4.78, 5) is 6.77. The number of hydrogen-bond acceptors (Lipinski definition) is 4. The van der Waals surface area contributed by atoms with Crippen LogP contribution in [0.1, 0.15) is 19.0 Å². The Labute approximate surface area is 104 Å². The van der Waals surface area contributed by atoms with Crippen LogP contribution in [0, 0.1) is 0 Å². The van der Waals surface area contributed by atoms with Gasteiger partial charge in [-0.1, -0.05) is 13.0 Å². The molecule has 0 spiro atoms. The van der Waals surface area contributed by atoms with Gasteiger partial charge in [-0.2, -0.15) is 0 Å². The first-order chi connectivity index (χ1) is 8.27. The molecular weight excluding hydrogens is 214 g/mol. The van der Waals surface area contributed by atoms with Crippen molar-refractivity contribution in [2.75, 3.05) is 38.8 Å². The predicted molar refractivity (Wildman–Crippen MR) is 71.4 cm³/mol. The lowest BCUT2D eigenvalue weighted by atomic mass is 10.3. The molecule has 0 aliphatic rings. The van der Waals surface area contributed by atoms with Crippen molar-refractivity contribution in [3.63, 3.8) is 0 Å². The number of anilines is 1. The third-order valence-corrected chi connectivity index (χ3v) is 2.58. The summed E-state index contributed by atoms with van der Waals surface area (Å²) in [6.07, 6.45) is 1.02. The van der Waals surface area contributed by atoms with Gasteiger partial charge in [-0.25, -0.2) is 4.98 Å². The van der Waals surface area contributed by atoms with Crippen molar-refractivity contribution in [2.24, 2.45) is 0 Å². The molecule has 0 unspecified atom stereocenters. The lowest BCUT2D eigenvalue weighted by molar-refractivity contribution is 0.196. The molecule has 0 fully saturated rings. The maximum atomic E-state index is 5.05. The Balaban J connectivity index is 2.51. The fraction of sp³-hybridized carbons (Fsp3) is 0.615. The molecule has 1 N–H and O–H groups in total.